The molecule has 0 spiro atoms. The van der Waals surface area contributed by atoms with E-state index >= 15 is 0 Å². The van der Waals surface area contributed by atoms with Crippen LogP contribution in [0.4, 0.5) is 15.8 Å². The SMILES string of the molecule is Fc1ccc(NNc2ccccc2)cc1Cl. The van der Waals surface area contributed by atoms with Gasteiger partial charge in [0.1, 0.15) is 5.82 Å². The van der Waals surface area contributed by atoms with Gasteiger partial charge in [0.25, 0.3) is 0 Å². The largest absolute Gasteiger partial charge is 0.301 e. The van der Waals surface area contributed by atoms with Crippen molar-refractivity contribution in [1.29, 1.82) is 0 Å². The third-order valence-corrected chi connectivity index (χ3v) is 2.33. The number of anilines is 2. The fourth-order valence-corrected chi connectivity index (χ4v) is 1.42. The second-order valence-corrected chi connectivity index (χ2v) is 3.65. The molecule has 0 fully saturated rings. The fraction of sp³-hybridized carbons (Fsp3) is 0. The Morgan fingerprint density at radius 1 is 0.875 bits per heavy atom. The highest BCUT2D eigenvalue weighted by atomic mass is 35.5. The predicted octanol–water partition coefficient (Wildman–Crippen LogP) is 3.92. The molecule has 4 heteroatoms. The summed E-state index contributed by atoms with van der Waals surface area (Å²) in [6, 6.07) is 14.0. The molecule has 0 saturated heterocycles. The number of hydrazine groups is 1. The molecule has 0 unspecified atom stereocenters. The van der Waals surface area contributed by atoms with Crippen LogP contribution in [0.25, 0.3) is 0 Å². The molecule has 0 atom stereocenters. The van der Waals surface area contributed by atoms with E-state index in [1.54, 1.807) is 6.07 Å². The Labute approximate surface area is 98.0 Å². The molecule has 2 aromatic carbocycles. The monoisotopic (exact) mass is 236 g/mol. The molecule has 0 radical (unpaired) electrons. The molecule has 0 heterocycles. The summed E-state index contributed by atoms with van der Waals surface area (Å²) < 4.78 is 12.9. The Kier molecular flexibility index (Phi) is 3.27. The first-order valence-corrected chi connectivity index (χ1v) is 5.15. The fourth-order valence-electron chi connectivity index (χ4n) is 1.24. The van der Waals surface area contributed by atoms with Crippen LogP contribution in [-0.4, -0.2) is 0 Å². The number of halogens is 2. The van der Waals surface area contributed by atoms with E-state index in [2.05, 4.69) is 10.9 Å². The van der Waals surface area contributed by atoms with Gasteiger partial charge in [0.05, 0.1) is 16.4 Å². The molecule has 2 aromatic rings. The van der Waals surface area contributed by atoms with E-state index in [4.69, 9.17) is 11.6 Å². The molecule has 0 aliphatic rings. The minimum Gasteiger partial charge on any atom is -0.301 e. The average Bonchev–Trinajstić information content (AvgIpc) is 2.32. The van der Waals surface area contributed by atoms with Gasteiger partial charge in [0.2, 0.25) is 0 Å². The van der Waals surface area contributed by atoms with Gasteiger partial charge in [0.15, 0.2) is 0 Å². The van der Waals surface area contributed by atoms with E-state index in [1.807, 2.05) is 30.3 Å². The topological polar surface area (TPSA) is 24.1 Å². The van der Waals surface area contributed by atoms with Crippen LogP contribution in [0, 0.1) is 5.82 Å². The van der Waals surface area contributed by atoms with Crippen molar-refractivity contribution in [3.63, 3.8) is 0 Å². The van der Waals surface area contributed by atoms with Crippen molar-refractivity contribution in [1.82, 2.24) is 0 Å². The van der Waals surface area contributed by atoms with Gasteiger partial charge in [-0.15, -0.1) is 0 Å². The van der Waals surface area contributed by atoms with E-state index in [0.717, 1.165) is 5.69 Å². The first kappa shape index (κ1) is 10.8. The highest BCUT2D eigenvalue weighted by molar-refractivity contribution is 6.31. The van der Waals surface area contributed by atoms with Crippen molar-refractivity contribution in [3.05, 3.63) is 59.4 Å². The van der Waals surface area contributed by atoms with Crippen LogP contribution in [0.5, 0.6) is 0 Å². The molecule has 16 heavy (non-hydrogen) atoms. The molecule has 0 aliphatic carbocycles. The Morgan fingerprint density at radius 2 is 1.56 bits per heavy atom. The van der Waals surface area contributed by atoms with Gasteiger partial charge in [-0.2, -0.15) is 0 Å². The van der Waals surface area contributed by atoms with Crippen molar-refractivity contribution < 1.29 is 4.39 Å². The van der Waals surface area contributed by atoms with Crippen LogP contribution in [0.1, 0.15) is 0 Å². The second kappa shape index (κ2) is 4.86. The zero-order chi connectivity index (χ0) is 11.4. The highest BCUT2D eigenvalue weighted by Gasteiger charge is 1.99. The maximum absolute atomic E-state index is 12.9. The van der Waals surface area contributed by atoms with E-state index in [-0.39, 0.29) is 5.02 Å². The van der Waals surface area contributed by atoms with Gasteiger partial charge in [-0.25, -0.2) is 4.39 Å². The van der Waals surface area contributed by atoms with Gasteiger partial charge in [0, 0.05) is 0 Å². The van der Waals surface area contributed by atoms with Gasteiger partial charge in [-0.1, -0.05) is 29.8 Å². The lowest BCUT2D eigenvalue weighted by Crippen LogP contribution is -2.08. The lowest BCUT2D eigenvalue weighted by atomic mass is 10.3. The van der Waals surface area contributed by atoms with Crippen molar-refractivity contribution in [2.45, 2.75) is 0 Å². The number of para-hydroxylation sites is 1. The van der Waals surface area contributed by atoms with Crippen molar-refractivity contribution in [2.75, 3.05) is 10.9 Å². The van der Waals surface area contributed by atoms with E-state index in [1.165, 1.54) is 12.1 Å². The summed E-state index contributed by atoms with van der Waals surface area (Å²) >= 11 is 5.65. The third-order valence-electron chi connectivity index (χ3n) is 2.04. The summed E-state index contributed by atoms with van der Waals surface area (Å²) in [7, 11) is 0. The maximum atomic E-state index is 12.9. The molecule has 2 N–H and O–H groups in total. The molecule has 0 amide bonds. The maximum Gasteiger partial charge on any atom is 0.141 e. The number of nitrogens with one attached hydrogen (secondary N) is 2. The molecule has 2 rings (SSSR count). The Hall–Kier alpha value is -1.74. The first-order valence-electron chi connectivity index (χ1n) is 4.78. The molecular weight excluding hydrogens is 227 g/mol. The average molecular weight is 237 g/mol. The first-order chi connectivity index (χ1) is 7.75. The van der Waals surface area contributed by atoms with E-state index in [9.17, 15) is 4.39 Å². The van der Waals surface area contributed by atoms with Crippen LogP contribution in [0.3, 0.4) is 0 Å². The molecule has 0 aliphatic heterocycles. The predicted molar refractivity (Wildman–Crippen MR) is 65.1 cm³/mol. The lowest BCUT2D eigenvalue weighted by Gasteiger charge is -2.09. The molecule has 2 nitrogen and oxygen atoms in total. The summed E-state index contributed by atoms with van der Waals surface area (Å²) in [5, 5.41) is 0.0971. The normalized spacial score (nSPS) is 9.88. The minimum absolute atomic E-state index is 0.0971. The summed E-state index contributed by atoms with van der Waals surface area (Å²) in [5.41, 5.74) is 7.53. The highest BCUT2D eigenvalue weighted by Crippen LogP contribution is 2.19. The molecule has 82 valence electrons. The van der Waals surface area contributed by atoms with Crippen LogP contribution < -0.4 is 10.9 Å². The van der Waals surface area contributed by atoms with E-state index in [0.29, 0.717) is 5.69 Å². The zero-order valence-corrected chi connectivity index (χ0v) is 9.13. The zero-order valence-electron chi connectivity index (χ0n) is 8.37. The van der Waals surface area contributed by atoms with Gasteiger partial charge in [-0.3, -0.25) is 0 Å². The Balaban J connectivity index is 2.03. The smallest absolute Gasteiger partial charge is 0.141 e. The quantitative estimate of drug-likeness (QED) is 0.790. The Morgan fingerprint density at radius 3 is 2.25 bits per heavy atom. The lowest BCUT2D eigenvalue weighted by molar-refractivity contribution is 0.628. The van der Waals surface area contributed by atoms with Crippen molar-refractivity contribution in [3.8, 4) is 0 Å². The number of hydrogen-bond acceptors (Lipinski definition) is 2. The van der Waals surface area contributed by atoms with Crippen LogP contribution >= 0.6 is 11.6 Å². The van der Waals surface area contributed by atoms with Crippen molar-refractivity contribution >= 4 is 23.0 Å². The molecule has 0 bridgehead atoms. The summed E-state index contributed by atoms with van der Waals surface area (Å²) in [6.45, 7) is 0. The summed E-state index contributed by atoms with van der Waals surface area (Å²) in [5.74, 6) is -0.424. The standard InChI is InChI=1S/C12H10ClFN2/c13-11-8-10(6-7-12(11)14)16-15-9-4-2-1-3-5-9/h1-8,15-16H. The van der Waals surface area contributed by atoms with E-state index < -0.39 is 5.82 Å². The molecule has 0 saturated carbocycles. The van der Waals surface area contributed by atoms with Gasteiger partial charge < -0.3 is 10.9 Å². The van der Waals surface area contributed by atoms with Gasteiger partial charge >= 0.3 is 0 Å². The van der Waals surface area contributed by atoms with Crippen LogP contribution in [0.15, 0.2) is 48.5 Å². The second-order valence-electron chi connectivity index (χ2n) is 3.24. The van der Waals surface area contributed by atoms with Crippen LogP contribution in [-0.2, 0) is 0 Å². The summed E-state index contributed by atoms with van der Waals surface area (Å²) in [6.07, 6.45) is 0. The minimum atomic E-state index is -0.424. The number of hydrogen-bond donors (Lipinski definition) is 2. The number of rotatable bonds is 3. The van der Waals surface area contributed by atoms with Crippen molar-refractivity contribution in [2.24, 2.45) is 0 Å². The summed E-state index contributed by atoms with van der Waals surface area (Å²) in [4.78, 5) is 0. The number of benzene rings is 2. The van der Waals surface area contributed by atoms with Gasteiger partial charge in [-0.05, 0) is 30.3 Å². The molecular formula is C12H10ClFN2. The third kappa shape index (κ3) is 2.64. The Bertz CT molecular complexity index is 474. The van der Waals surface area contributed by atoms with Crippen LogP contribution in [0.2, 0.25) is 5.02 Å². The molecule has 0 aromatic heterocycles.